The second-order valence-corrected chi connectivity index (χ2v) is 5.29. The summed E-state index contributed by atoms with van der Waals surface area (Å²) < 4.78 is 5.49. The van der Waals surface area contributed by atoms with Crippen LogP contribution in [-0.2, 0) is 4.74 Å². The smallest absolute Gasteiger partial charge is 0.0672 e. The Hall–Kier alpha value is -1.64. The third kappa shape index (κ3) is 4.19. The molecule has 0 aliphatic heterocycles. The Balaban J connectivity index is 1.87. The second kappa shape index (κ2) is 7.22. The highest BCUT2D eigenvalue weighted by molar-refractivity contribution is 5.83. The molecule has 0 bridgehead atoms. The zero-order chi connectivity index (χ0) is 14.4. The van der Waals surface area contributed by atoms with Gasteiger partial charge in [0.2, 0.25) is 0 Å². The predicted molar refractivity (Wildman–Crippen MR) is 86.0 cm³/mol. The molecule has 2 aromatic rings. The van der Waals surface area contributed by atoms with Crippen molar-refractivity contribution in [1.82, 2.24) is 5.32 Å². The van der Waals surface area contributed by atoms with Crippen molar-refractivity contribution < 1.29 is 4.74 Å². The first-order valence-electron chi connectivity index (χ1n) is 7.11. The molecule has 0 heterocycles. The van der Waals surface area contributed by atoms with Gasteiger partial charge < -0.3 is 10.1 Å². The number of benzene rings is 2. The molecule has 0 spiro atoms. The number of fused-ring (bicyclic) bond motifs is 1. The number of hydrogen-bond donors (Lipinski definition) is 1. The quantitative estimate of drug-likeness (QED) is 0.604. The van der Waals surface area contributed by atoms with Crippen LogP contribution in [0.15, 0.2) is 54.6 Å². The fraction of sp³-hybridized carbons (Fsp3) is 0.333. The topological polar surface area (TPSA) is 21.3 Å². The fourth-order valence-corrected chi connectivity index (χ4v) is 2.19. The molecule has 0 amide bonds. The summed E-state index contributed by atoms with van der Waals surface area (Å²) >= 11 is 0. The molecule has 0 aliphatic rings. The number of hydrogen-bond acceptors (Lipinski definition) is 2. The summed E-state index contributed by atoms with van der Waals surface area (Å²) in [4.78, 5) is 0. The highest BCUT2D eigenvalue weighted by Gasteiger charge is 2.05. The van der Waals surface area contributed by atoms with E-state index in [0.717, 1.165) is 12.1 Å². The highest BCUT2D eigenvalue weighted by atomic mass is 16.5. The van der Waals surface area contributed by atoms with Crippen LogP contribution in [0, 0.1) is 0 Å². The van der Waals surface area contributed by atoms with Gasteiger partial charge in [0, 0.05) is 12.6 Å². The molecule has 1 N–H and O–H groups in total. The van der Waals surface area contributed by atoms with E-state index in [9.17, 15) is 0 Å². The van der Waals surface area contributed by atoms with Crippen LogP contribution in [0.3, 0.4) is 0 Å². The van der Waals surface area contributed by atoms with Crippen molar-refractivity contribution >= 4 is 10.8 Å². The minimum absolute atomic E-state index is 0.327. The van der Waals surface area contributed by atoms with Crippen LogP contribution in [0.5, 0.6) is 0 Å². The number of rotatable bonds is 7. The Morgan fingerprint density at radius 3 is 2.70 bits per heavy atom. The third-order valence-corrected chi connectivity index (χ3v) is 3.32. The first-order chi connectivity index (χ1) is 9.66. The standard InChI is InChI=1S/C18H23NO/c1-14(2)13-20-11-10-19-15(3)17-9-8-16-6-4-5-7-18(16)12-17/h4-9,12,15,19H,1,10-11,13H2,2-3H3. The molecule has 0 aromatic heterocycles. The van der Waals surface area contributed by atoms with Gasteiger partial charge in [-0.1, -0.05) is 48.6 Å². The summed E-state index contributed by atoms with van der Waals surface area (Å²) in [5.41, 5.74) is 2.37. The number of nitrogens with one attached hydrogen (secondary N) is 1. The van der Waals surface area contributed by atoms with Crippen LogP contribution in [0.4, 0.5) is 0 Å². The lowest BCUT2D eigenvalue weighted by molar-refractivity contribution is 0.156. The van der Waals surface area contributed by atoms with Crippen LogP contribution in [0.2, 0.25) is 0 Å². The number of ether oxygens (including phenoxy) is 1. The molecular weight excluding hydrogens is 246 g/mol. The minimum Gasteiger partial charge on any atom is -0.376 e. The minimum atomic E-state index is 0.327. The van der Waals surface area contributed by atoms with E-state index < -0.39 is 0 Å². The van der Waals surface area contributed by atoms with Crippen molar-refractivity contribution in [2.75, 3.05) is 19.8 Å². The maximum Gasteiger partial charge on any atom is 0.0672 e. The van der Waals surface area contributed by atoms with E-state index in [2.05, 4.69) is 61.3 Å². The first-order valence-corrected chi connectivity index (χ1v) is 7.11. The van der Waals surface area contributed by atoms with Crippen LogP contribution in [0.25, 0.3) is 10.8 Å². The molecule has 106 valence electrons. The van der Waals surface area contributed by atoms with E-state index in [1.54, 1.807) is 0 Å². The normalized spacial score (nSPS) is 12.5. The average molecular weight is 269 g/mol. The van der Waals surface area contributed by atoms with E-state index in [-0.39, 0.29) is 0 Å². The van der Waals surface area contributed by atoms with Crippen molar-refractivity contribution in [3.63, 3.8) is 0 Å². The van der Waals surface area contributed by atoms with Gasteiger partial charge in [-0.3, -0.25) is 0 Å². The van der Waals surface area contributed by atoms with Gasteiger partial charge in [-0.2, -0.15) is 0 Å². The van der Waals surface area contributed by atoms with Crippen LogP contribution < -0.4 is 5.32 Å². The Morgan fingerprint density at radius 1 is 1.20 bits per heavy atom. The second-order valence-electron chi connectivity index (χ2n) is 5.29. The summed E-state index contributed by atoms with van der Waals surface area (Å²) in [6.45, 7) is 10.2. The van der Waals surface area contributed by atoms with Crippen molar-refractivity contribution in [2.24, 2.45) is 0 Å². The van der Waals surface area contributed by atoms with E-state index >= 15 is 0 Å². The van der Waals surface area contributed by atoms with E-state index in [1.807, 2.05) is 6.92 Å². The molecule has 20 heavy (non-hydrogen) atoms. The molecule has 0 saturated carbocycles. The molecule has 2 rings (SSSR count). The van der Waals surface area contributed by atoms with Crippen LogP contribution >= 0.6 is 0 Å². The molecule has 2 heteroatoms. The summed E-state index contributed by atoms with van der Waals surface area (Å²) in [7, 11) is 0. The molecule has 0 fully saturated rings. The SMILES string of the molecule is C=C(C)COCCNC(C)c1ccc2ccccc2c1. The lowest BCUT2D eigenvalue weighted by atomic mass is 10.0. The van der Waals surface area contributed by atoms with Gasteiger partial charge in [-0.05, 0) is 36.2 Å². The maximum absolute atomic E-state index is 5.49. The van der Waals surface area contributed by atoms with E-state index in [4.69, 9.17) is 4.74 Å². The van der Waals surface area contributed by atoms with Crippen molar-refractivity contribution in [2.45, 2.75) is 19.9 Å². The van der Waals surface area contributed by atoms with Gasteiger partial charge >= 0.3 is 0 Å². The predicted octanol–water partition coefficient (Wildman–Crippen LogP) is 4.08. The molecule has 1 atom stereocenters. The van der Waals surface area contributed by atoms with Crippen molar-refractivity contribution in [1.29, 1.82) is 0 Å². The third-order valence-electron chi connectivity index (χ3n) is 3.32. The summed E-state index contributed by atoms with van der Waals surface area (Å²) in [5.74, 6) is 0. The van der Waals surface area contributed by atoms with Gasteiger partial charge in [-0.15, -0.1) is 0 Å². The van der Waals surface area contributed by atoms with Gasteiger partial charge in [0.25, 0.3) is 0 Å². The van der Waals surface area contributed by atoms with E-state index in [0.29, 0.717) is 19.3 Å². The van der Waals surface area contributed by atoms with Crippen LogP contribution in [-0.4, -0.2) is 19.8 Å². The fourth-order valence-electron chi connectivity index (χ4n) is 2.19. The summed E-state index contributed by atoms with van der Waals surface area (Å²) in [5, 5.41) is 6.06. The summed E-state index contributed by atoms with van der Waals surface area (Å²) in [6, 6.07) is 15.4. The monoisotopic (exact) mass is 269 g/mol. The summed E-state index contributed by atoms with van der Waals surface area (Å²) in [6.07, 6.45) is 0. The highest BCUT2D eigenvalue weighted by Crippen LogP contribution is 2.19. The lowest BCUT2D eigenvalue weighted by Gasteiger charge is -2.15. The molecule has 0 radical (unpaired) electrons. The Labute approximate surface area is 121 Å². The first kappa shape index (κ1) is 14.8. The molecule has 0 saturated heterocycles. The van der Waals surface area contributed by atoms with Gasteiger partial charge in [0.1, 0.15) is 0 Å². The maximum atomic E-state index is 5.49. The van der Waals surface area contributed by atoms with Crippen molar-refractivity contribution in [3.05, 3.63) is 60.2 Å². The zero-order valence-electron chi connectivity index (χ0n) is 12.4. The molecule has 2 nitrogen and oxygen atoms in total. The Morgan fingerprint density at radius 2 is 1.95 bits per heavy atom. The Kier molecular flexibility index (Phi) is 5.33. The largest absolute Gasteiger partial charge is 0.376 e. The molecule has 1 unspecified atom stereocenters. The zero-order valence-corrected chi connectivity index (χ0v) is 12.4. The van der Waals surface area contributed by atoms with Gasteiger partial charge in [0.05, 0.1) is 13.2 Å². The van der Waals surface area contributed by atoms with E-state index in [1.165, 1.54) is 16.3 Å². The van der Waals surface area contributed by atoms with Gasteiger partial charge in [0.15, 0.2) is 0 Å². The van der Waals surface area contributed by atoms with Crippen LogP contribution in [0.1, 0.15) is 25.5 Å². The van der Waals surface area contributed by atoms with Gasteiger partial charge in [-0.25, -0.2) is 0 Å². The molecule has 2 aromatic carbocycles. The average Bonchev–Trinajstić information content (AvgIpc) is 2.46. The van der Waals surface area contributed by atoms with Crippen molar-refractivity contribution in [3.8, 4) is 0 Å². The molecular formula is C18H23NO. The Bertz CT molecular complexity index is 576. The molecule has 0 aliphatic carbocycles. The lowest BCUT2D eigenvalue weighted by Crippen LogP contribution is -2.23.